The van der Waals surface area contributed by atoms with E-state index < -0.39 is 23.6 Å². The molecular weight excluding hydrogens is 240 g/mol. The summed E-state index contributed by atoms with van der Waals surface area (Å²) in [5.41, 5.74) is 10.0. The van der Waals surface area contributed by atoms with Gasteiger partial charge in [0.1, 0.15) is 0 Å². The van der Waals surface area contributed by atoms with Crippen molar-refractivity contribution in [2.75, 3.05) is 0 Å². The van der Waals surface area contributed by atoms with Gasteiger partial charge in [0.2, 0.25) is 0 Å². The molecule has 0 aromatic rings. The van der Waals surface area contributed by atoms with E-state index in [1.54, 1.807) is 0 Å². The lowest BCUT2D eigenvalue weighted by Gasteiger charge is -2.17. The molecule has 2 heterocycles. The van der Waals surface area contributed by atoms with Gasteiger partial charge in [0.25, 0.3) is 23.6 Å². The van der Waals surface area contributed by atoms with Crippen molar-refractivity contribution in [2.45, 2.75) is 0 Å². The van der Waals surface area contributed by atoms with Gasteiger partial charge < -0.3 is 11.5 Å². The van der Waals surface area contributed by atoms with Gasteiger partial charge in [-0.3, -0.25) is 29.8 Å². The van der Waals surface area contributed by atoms with Crippen LogP contribution < -0.4 is 22.1 Å². The minimum atomic E-state index is -0.780. The molecule has 6 N–H and O–H groups in total. The van der Waals surface area contributed by atoms with E-state index in [0.717, 1.165) is 12.2 Å². The van der Waals surface area contributed by atoms with Crippen LogP contribution in [0.3, 0.4) is 0 Å². The maximum atomic E-state index is 11.6. The minimum absolute atomic E-state index is 0.125. The lowest BCUT2D eigenvalue weighted by molar-refractivity contribution is -0.129. The summed E-state index contributed by atoms with van der Waals surface area (Å²) in [4.78, 5) is 45.3. The SMILES string of the molecule is NC1=C/C(=C2/C=C(N)C(=O)NC2=O)C(=O)NC1=O. The number of rotatable bonds is 0. The smallest absolute Gasteiger partial charge is 0.273 e. The lowest BCUT2D eigenvalue weighted by Crippen LogP contribution is -2.43. The Balaban J connectivity index is 2.61. The first-order valence-electron chi connectivity index (χ1n) is 4.80. The molecule has 18 heavy (non-hydrogen) atoms. The predicted octanol–water partition coefficient (Wildman–Crippen LogP) is -2.72. The molecule has 8 nitrogen and oxygen atoms in total. The summed E-state index contributed by atoms with van der Waals surface area (Å²) in [7, 11) is 0. The molecule has 0 atom stereocenters. The maximum absolute atomic E-state index is 11.6. The molecule has 0 aromatic heterocycles. The molecule has 4 amide bonds. The van der Waals surface area contributed by atoms with Crippen molar-refractivity contribution in [3.05, 3.63) is 34.7 Å². The number of imide groups is 2. The average molecular weight is 248 g/mol. The molecule has 0 unspecified atom stereocenters. The largest absolute Gasteiger partial charge is 0.394 e. The van der Waals surface area contributed by atoms with Crippen molar-refractivity contribution in [1.82, 2.24) is 10.6 Å². The topological polar surface area (TPSA) is 144 Å². The molecular formula is C10H8N4O4. The standard InChI is InChI=1S/C10H8N4O4/c11-5-1-3(7(15)13-9(5)17)4-2-6(12)10(18)14-8(4)16/h1-2H,11-12H2,(H,13,15,17)(H,14,16,18)/b4-3+. The fraction of sp³-hybridized carbons (Fsp3) is 0. The van der Waals surface area contributed by atoms with Gasteiger partial charge in [0.05, 0.1) is 22.5 Å². The molecule has 92 valence electrons. The van der Waals surface area contributed by atoms with E-state index in [2.05, 4.69) is 0 Å². The van der Waals surface area contributed by atoms with E-state index in [0.29, 0.717) is 0 Å². The second-order valence-corrected chi connectivity index (χ2v) is 3.59. The molecule has 0 aromatic carbocycles. The summed E-state index contributed by atoms with van der Waals surface area (Å²) in [6, 6.07) is 0. The number of amides is 4. The molecule has 2 rings (SSSR count). The van der Waals surface area contributed by atoms with Crippen molar-refractivity contribution >= 4 is 23.6 Å². The van der Waals surface area contributed by atoms with Gasteiger partial charge in [0, 0.05) is 0 Å². The number of hydrogen-bond donors (Lipinski definition) is 4. The second kappa shape index (κ2) is 3.84. The van der Waals surface area contributed by atoms with Gasteiger partial charge in [-0.15, -0.1) is 0 Å². The van der Waals surface area contributed by atoms with E-state index in [1.165, 1.54) is 0 Å². The quantitative estimate of drug-likeness (QED) is 0.271. The van der Waals surface area contributed by atoms with E-state index >= 15 is 0 Å². The molecule has 0 radical (unpaired) electrons. The fourth-order valence-electron chi connectivity index (χ4n) is 1.46. The van der Waals surface area contributed by atoms with Crippen molar-refractivity contribution in [2.24, 2.45) is 11.5 Å². The highest BCUT2D eigenvalue weighted by molar-refractivity contribution is 6.22. The van der Waals surface area contributed by atoms with Crippen LogP contribution in [-0.2, 0) is 19.2 Å². The molecule has 2 aliphatic heterocycles. The van der Waals surface area contributed by atoms with Gasteiger partial charge in [-0.05, 0) is 12.2 Å². The number of carbonyl (C=O) groups is 4. The van der Waals surface area contributed by atoms with Crippen LogP contribution in [0.1, 0.15) is 0 Å². The Labute approximate surface area is 100 Å². The number of carbonyl (C=O) groups excluding carboxylic acids is 4. The summed E-state index contributed by atoms with van der Waals surface area (Å²) in [5.74, 6) is -3.04. The van der Waals surface area contributed by atoms with Crippen LogP contribution in [0, 0.1) is 0 Å². The summed E-state index contributed by atoms with van der Waals surface area (Å²) in [6.07, 6.45) is 2.13. The molecule has 0 aliphatic carbocycles. The Hall–Kier alpha value is -2.90. The summed E-state index contributed by atoms with van der Waals surface area (Å²) in [6.45, 7) is 0. The lowest BCUT2D eigenvalue weighted by atomic mass is 9.99. The summed E-state index contributed by atoms with van der Waals surface area (Å²) >= 11 is 0. The van der Waals surface area contributed by atoms with Crippen LogP contribution in [0.4, 0.5) is 0 Å². The van der Waals surface area contributed by atoms with Crippen LogP contribution in [0.2, 0.25) is 0 Å². The van der Waals surface area contributed by atoms with Crippen LogP contribution in [-0.4, -0.2) is 23.6 Å². The highest BCUT2D eigenvalue weighted by atomic mass is 16.2. The Bertz CT molecular complexity index is 545. The van der Waals surface area contributed by atoms with E-state index in [1.807, 2.05) is 10.6 Å². The maximum Gasteiger partial charge on any atom is 0.273 e. The first kappa shape index (κ1) is 11.6. The van der Waals surface area contributed by atoms with Gasteiger partial charge in [0.15, 0.2) is 0 Å². The minimum Gasteiger partial charge on any atom is -0.394 e. The fourth-order valence-corrected chi connectivity index (χ4v) is 1.46. The van der Waals surface area contributed by atoms with Gasteiger partial charge in [-0.2, -0.15) is 0 Å². The van der Waals surface area contributed by atoms with E-state index in [9.17, 15) is 19.2 Å². The van der Waals surface area contributed by atoms with Crippen LogP contribution >= 0.6 is 0 Å². The van der Waals surface area contributed by atoms with Crippen molar-refractivity contribution in [1.29, 1.82) is 0 Å². The van der Waals surface area contributed by atoms with E-state index in [-0.39, 0.29) is 22.5 Å². The normalized spacial score (nSPS) is 24.2. The number of nitrogens with one attached hydrogen (secondary N) is 2. The zero-order chi connectivity index (χ0) is 13.4. The zero-order valence-electron chi connectivity index (χ0n) is 8.94. The monoisotopic (exact) mass is 248 g/mol. The highest BCUT2D eigenvalue weighted by Gasteiger charge is 2.29. The number of nitrogens with two attached hydrogens (primary N) is 2. The third-order valence-electron chi connectivity index (χ3n) is 2.36. The van der Waals surface area contributed by atoms with Crippen molar-refractivity contribution < 1.29 is 19.2 Å². The zero-order valence-corrected chi connectivity index (χ0v) is 8.94. The molecule has 0 spiro atoms. The predicted molar refractivity (Wildman–Crippen MR) is 57.9 cm³/mol. The summed E-state index contributed by atoms with van der Waals surface area (Å²) in [5, 5.41) is 3.92. The highest BCUT2D eigenvalue weighted by Crippen LogP contribution is 2.16. The van der Waals surface area contributed by atoms with E-state index in [4.69, 9.17) is 11.5 Å². The third-order valence-corrected chi connectivity index (χ3v) is 2.36. The molecule has 0 fully saturated rings. The molecule has 0 bridgehead atoms. The Morgan fingerprint density at radius 3 is 1.33 bits per heavy atom. The number of hydrogen-bond acceptors (Lipinski definition) is 6. The van der Waals surface area contributed by atoms with Gasteiger partial charge in [-0.1, -0.05) is 0 Å². The van der Waals surface area contributed by atoms with Crippen LogP contribution in [0.15, 0.2) is 34.7 Å². The first-order chi connectivity index (χ1) is 8.40. The Kier molecular flexibility index (Phi) is 2.47. The molecule has 8 heteroatoms. The Morgan fingerprint density at radius 2 is 1.00 bits per heavy atom. The van der Waals surface area contributed by atoms with Crippen molar-refractivity contribution in [3.63, 3.8) is 0 Å². The summed E-state index contributed by atoms with van der Waals surface area (Å²) < 4.78 is 0. The second-order valence-electron chi connectivity index (χ2n) is 3.59. The van der Waals surface area contributed by atoms with Crippen LogP contribution in [0.5, 0.6) is 0 Å². The average Bonchev–Trinajstić information content (AvgIpc) is 2.29. The van der Waals surface area contributed by atoms with Crippen LogP contribution in [0.25, 0.3) is 0 Å². The molecule has 0 saturated carbocycles. The third kappa shape index (κ3) is 1.75. The molecule has 2 aliphatic rings. The van der Waals surface area contributed by atoms with Crippen molar-refractivity contribution in [3.8, 4) is 0 Å². The first-order valence-corrected chi connectivity index (χ1v) is 4.80. The molecule has 0 saturated heterocycles. The van der Waals surface area contributed by atoms with Gasteiger partial charge >= 0.3 is 0 Å². The Morgan fingerprint density at radius 1 is 0.667 bits per heavy atom. The van der Waals surface area contributed by atoms with Gasteiger partial charge in [-0.25, -0.2) is 0 Å².